The zero-order valence-electron chi connectivity index (χ0n) is 26.9. The molecule has 1 aliphatic rings. The zero-order chi connectivity index (χ0) is 33.8. The normalized spacial score (nSPS) is 18.4. The minimum absolute atomic E-state index is 0.0666. The Kier molecular flexibility index (Phi) is 14.8. The van der Waals surface area contributed by atoms with Crippen LogP contribution in [-0.2, 0) is 26.7 Å². The quantitative estimate of drug-likeness (QED) is 0.193. The number of rotatable bonds is 8. The molecule has 1 saturated carbocycles. The lowest BCUT2D eigenvalue weighted by molar-refractivity contribution is 0.122. The minimum atomic E-state index is -4.02. The van der Waals surface area contributed by atoms with E-state index in [-0.39, 0.29) is 15.8 Å². The SMILES string of the molecule is CC(C)(C)C1CCC(NC[C@@H](O)[C@@H](N)Cc2ccccc2)CC1.Cc1ccc(S(=O)(=O)O)cc1.Cc1ccc(S(=O)(=O)O)cc1. The third-order valence-electron chi connectivity index (χ3n) is 8.01. The molecule has 0 radical (unpaired) electrons. The molecule has 6 N–H and O–H groups in total. The van der Waals surface area contributed by atoms with Gasteiger partial charge in [0, 0.05) is 18.6 Å². The highest BCUT2D eigenvalue weighted by atomic mass is 32.2. The van der Waals surface area contributed by atoms with Crippen molar-refractivity contribution in [3.05, 3.63) is 95.6 Å². The van der Waals surface area contributed by atoms with Gasteiger partial charge in [-0.1, -0.05) is 86.5 Å². The molecule has 3 aromatic carbocycles. The summed E-state index contributed by atoms with van der Waals surface area (Å²) in [6.45, 7) is 11.3. The van der Waals surface area contributed by atoms with Crippen molar-refractivity contribution in [2.45, 2.75) is 94.7 Å². The van der Waals surface area contributed by atoms with Crippen LogP contribution >= 0.6 is 0 Å². The summed E-state index contributed by atoms with van der Waals surface area (Å²) in [6, 6.07) is 22.5. The third-order valence-corrected chi connectivity index (χ3v) is 9.75. The van der Waals surface area contributed by atoms with Crippen LogP contribution in [0.3, 0.4) is 0 Å². The van der Waals surface area contributed by atoms with Crippen LogP contribution in [0.25, 0.3) is 0 Å². The van der Waals surface area contributed by atoms with E-state index >= 15 is 0 Å². The van der Waals surface area contributed by atoms with Gasteiger partial charge in [-0.05, 0) is 87.1 Å². The van der Waals surface area contributed by atoms with Crippen molar-refractivity contribution in [2.75, 3.05) is 6.54 Å². The molecule has 0 spiro atoms. The molecule has 2 atom stereocenters. The van der Waals surface area contributed by atoms with Crippen LogP contribution in [0.15, 0.2) is 88.7 Å². The fourth-order valence-electron chi connectivity index (χ4n) is 5.05. The smallest absolute Gasteiger partial charge is 0.294 e. The van der Waals surface area contributed by atoms with Gasteiger partial charge < -0.3 is 16.2 Å². The number of benzene rings is 3. The molecular formula is C34H50N2O7S2. The molecule has 4 rings (SSSR count). The first-order valence-corrected chi connectivity index (χ1v) is 18.0. The van der Waals surface area contributed by atoms with Crippen molar-refractivity contribution in [1.29, 1.82) is 0 Å². The van der Waals surface area contributed by atoms with Gasteiger partial charge in [0.05, 0.1) is 15.9 Å². The van der Waals surface area contributed by atoms with E-state index < -0.39 is 26.3 Å². The highest BCUT2D eigenvalue weighted by Crippen LogP contribution is 2.37. The summed E-state index contributed by atoms with van der Waals surface area (Å²) in [7, 11) is -8.04. The van der Waals surface area contributed by atoms with Gasteiger partial charge in [0.15, 0.2) is 0 Å². The topological polar surface area (TPSA) is 167 Å². The number of hydrogen-bond acceptors (Lipinski definition) is 7. The average molecular weight is 663 g/mol. The molecule has 0 saturated heterocycles. The molecule has 0 amide bonds. The van der Waals surface area contributed by atoms with Crippen LogP contribution in [0.4, 0.5) is 0 Å². The van der Waals surface area contributed by atoms with Gasteiger partial charge in [-0.25, -0.2) is 0 Å². The lowest BCUT2D eigenvalue weighted by Gasteiger charge is -2.37. The Balaban J connectivity index is 0.000000266. The lowest BCUT2D eigenvalue weighted by atomic mass is 9.71. The van der Waals surface area contributed by atoms with Gasteiger partial charge in [0.1, 0.15) is 0 Å². The molecule has 45 heavy (non-hydrogen) atoms. The standard InChI is InChI=1S/C20H34N2O.2C7H8O3S/c1-20(2,3)16-9-11-17(12-10-16)22-14-19(23)18(21)13-15-7-5-4-6-8-15;2*1-6-2-4-7(5-3-6)11(8,9)10/h4-8,16-19,22-23H,9-14,21H2,1-3H3;2*2-5H,1H3,(H,8,9,10)/t16?,17?,18-,19+;;/m0../s1. The number of hydrogen-bond donors (Lipinski definition) is 5. The molecule has 0 heterocycles. The summed E-state index contributed by atoms with van der Waals surface area (Å²) in [5.41, 5.74) is 9.67. The minimum Gasteiger partial charge on any atom is -0.390 e. The van der Waals surface area contributed by atoms with Crippen molar-refractivity contribution in [3.63, 3.8) is 0 Å². The second-order valence-electron chi connectivity index (χ2n) is 12.8. The Hall–Kier alpha value is -2.64. The Morgan fingerprint density at radius 1 is 0.756 bits per heavy atom. The van der Waals surface area contributed by atoms with Crippen LogP contribution < -0.4 is 11.1 Å². The van der Waals surface area contributed by atoms with Crippen LogP contribution in [0.2, 0.25) is 0 Å². The molecule has 1 aliphatic carbocycles. The van der Waals surface area contributed by atoms with E-state index in [0.717, 1.165) is 23.5 Å². The van der Waals surface area contributed by atoms with Crippen LogP contribution in [-0.4, -0.2) is 55.8 Å². The summed E-state index contributed by atoms with van der Waals surface area (Å²) >= 11 is 0. The third kappa shape index (κ3) is 14.6. The van der Waals surface area contributed by atoms with Crippen molar-refractivity contribution < 1.29 is 31.0 Å². The van der Waals surface area contributed by atoms with Gasteiger partial charge in [-0.3, -0.25) is 9.11 Å². The van der Waals surface area contributed by atoms with Crippen molar-refractivity contribution in [2.24, 2.45) is 17.1 Å². The van der Waals surface area contributed by atoms with E-state index in [0.29, 0.717) is 18.0 Å². The van der Waals surface area contributed by atoms with Crippen LogP contribution in [0, 0.1) is 25.2 Å². The fraction of sp³-hybridized carbons (Fsp3) is 0.471. The van der Waals surface area contributed by atoms with Gasteiger partial charge in [0.2, 0.25) is 0 Å². The predicted molar refractivity (Wildman–Crippen MR) is 179 cm³/mol. The Morgan fingerprint density at radius 3 is 1.56 bits per heavy atom. The molecule has 11 heteroatoms. The van der Waals surface area contributed by atoms with Crippen LogP contribution in [0.1, 0.15) is 63.1 Å². The first-order chi connectivity index (χ1) is 20.9. The Bertz CT molecular complexity index is 1420. The van der Waals surface area contributed by atoms with Gasteiger partial charge >= 0.3 is 0 Å². The summed E-state index contributed by atoms with van der Waals surface area (Å²) in [5, 5.41) is 13.8. The maximum Gasteiger partial charge on any atom is 0.294 e. The highest BCUT2D eigenvalue weighted by Gasteiger charge is 2.30. The van der Waals surface area contributed by atoms with Crippen molar-refractivity contribution in [3.8, 4) is 0 Å². The number of nitrogens with two attached hydrogens (primary N) is 1. The van der Waals surface area contributed by atoms with Crippen LogP contribution in [0.5, 0.6) is 0 Å². The van der Waals surface area contributed by atoms with Crippen molar-refractivity contribution >= 4 is 20.2 Å². The van der Waals surface area contributed by atoms with Gasteiger partial charge in [-0.15, -0.1) is 0 Å². The second kappa shape index (κ2) is 17.3. The molecular weight excluding hydrogens is 613 g/mol. The number of aryl methyl sites for hydroxylation is 2. The van der Waals surface area contributed by atoms with E-state index in [1.165, 1.54) is 55.5 Å². The number of aliphatic hydroxyl groups is 1. The van der Waals surface area contributed by atoms with Gasteiger partial charge in [0.25, 0.3) is 20.2 Å². The monoisotopic (exact) mass is 662 g/mol. The average Bonchev–Trinajstić information content (AvgIpc) is 2.96. The lowest BCUT2D eigenvalue weighted by Crippen LogP contribution is -2.46. The van der Waals surface area contributed by atoms with E-state index in [2.05, 4.69) is 38.2 Å². The van der Waals surface area contributed by atoms with E-state index in [9.17, 15) is 21.9 Å². The maximum absolute atomic E-state index is 10.5. The Labute approximate surface area is 269 Å². The van der Waals surface area contributed by atoms with Crippen molar-refractivity contribution in [1.82, 2.24) is 5.32 Å². The first kappa shape index (κ1) is 38.5. The summed E-state index contributed by atoms with van der Waals surface area (Å²) < 4.78 is 59.1. The second-order valence-corrected chi connectivity index (χ2v) is 15.7. The van der Waals surface area contributed by atoms with Gasteiger partial charge in [-0.2, -0.15) is 16.8 Å². The summed E-state index contributed by atoms with van der Waals surface area (Å²) in [4.78, 5) is -0.133. The molecule has 9 nitrogen and oxygen atoms in total. The summed E-state index contributed by atoms with van der Waals surface area (Å²) in [5.74, 6) is 0.825. The maximum atomic E-state index is 10.5. The van der Waals surface area contributed by atoms with E-state index in [1.807, 2.05) is 32.0 Å². The first-order valence-electron chi connectivity index (χ1n) is 15.2. The predicted octanol–water partition coefficient (Wildman–Crippen LogP) is 5.60. The molecule has 0 bridgehead atoms. The number of nitrogens with one attached hydrogen (secondary N) is 1. The summed E-state index contributed by atoms with van der Waals surface area (Å²) in [6.07, 6.45) is 5.22. The largest absolute Gasteiger partial charge is 0.390 e. The fourth-order valence-corrected chi connectivity index (χ4v) is 6.01. The molecule has 3 aromatic rings. The molecule has 0 aromatic heterocycles. The molecule has 0 aliphatic heterocycles. The molecule has 1 fully saturated rings. The molecule has 0 unspecified atom stereocenters. The van der Waals surface area contributed by atoms with E-state index in [4.69, 9.17) is 14.8 Å². The number of aliphatic hydroxyl groups excluding tert-OH is 1. The molecule has 250 valence electrons. The highest BCUT2D eigenvalue weighted by molar-refractivity contribution is 7.86. The Morgan fingerprint density at radius 2 is 1.18 bits per heavy atom. The van der Waals surface area contributed by atoms with E-state index in [1.54, 1.807) is 24.3 Å². The zero-order valence-corrected chi connectivity index (χ0v) is 28.6.